The van der Waals surface area contributed by atoms with Gasteiger partial charge in [-0.25, -0.2) is 0 Å². The topological polar surface area (TPSA) is 52.0 Å². The lowest BCUT2D eigenvalue weighted by molar-refractivity contribution is 0.104. The smallest absolute Gasteiger partial charge is 0.164 e. The summed E-state index contributed by atoms with van der Waals surface area (Å²) in [6.07, 6.45) is 3.12. The SMILES string of the molecule is Cc1nnc2n1-c1sc(C#CC3CCNCC3)c(Cc3ccccc3)c1COC2. The highest BCUT2D eigenvalue weighted by atomic mass is 32.1. The molecule has 4 heterocycles. The van der Waals surface area contributed by atoms with E-state index in [2.05, 4.69) is 62.3 Å². The molecule has 29 heavy (non-hydrogen) atoms. The maximum Gasteiger partial charge on any atom is 0.164 e. The van der Waals surface area contributed by atoms with Crippen molar-refractivity contribution in [2.24, 2.45) is 5.92 Å². The molecule has 6 heteroatoms. The summed E-state index contributed by atoms with van der Waals surface area (Å²) in [5.74, 6) is 9.36. The zero-order valence-electron chi connectivity index (χ0n) is 16.6. The number of benzene rings is 1. The van der Waals surface area contributed by atoms with Crippen LogP contribution < -0.4 is 5.32 Å². The Balaban J connectivity index is 1.60. The Bertz CT molecular complexity index is 1070. The summed E-state index contributed by atoms with van der Waals surface area (Å²) in [7, 11) is 0. The van der Waals surface area contributed by atoms with E-state index in [1.54, 1.807) is 11.3 Å². The summed E-state index contributed by atoms with van der Waals surface area (Å²) in [6.45, 7) is 5.21. The molecule has 0 saturated carbocycles. The number of thiophene rings is 1. The van der Waals surface area contributed by atoms with Crippen LogP contribution in [0.1, 0.15) is 46.1 Å². The number of hydrogen-bond acceptors (Lipinski definition) is 5. The van der Waals surface area contributed by atoms with Crippen LogP contribution in [0.2, 0.25) is 0 Å². The van der Waals surface area contributed by atoms with Gasteiger partial charge in [-0.05, 0) is 50.4 Å². The van der Waals surface area contributed by atoms with Crippen LogP contribution >= 0.6 is 11.3 Å². The third-order valence-electron chi connectivity index (χ3n) is 5.62. The van der Waals surface area contributed by atoms with Gasteiger partial charge in [-0.1, -0.05) is 42.2 Å². The van der Waals surface area contributed by atoms with Crippen molar-refractivity contribution in [3.63, 3.8) is 0 Å². The lowest BCUT2D eigenvalue weighted by Gasteiger charge is -2.17. The van der Waals surface area contributed by atoms with Crippen LogP contribution in [0, 0.1) is 24.7 Å². The maximum absolute atomic E-state index is 5.97. The van der Waals surface area contributed by atoms with Crippen LogP contribution in [0.25, 0.3) is 5.00 Å². The zero-order chi connectivity index (χ0) is 19.6. The molecule has 0 spiro atoms. The highest BCUT2D eigenvalue weighted by Gasteiger charge is 2.25. The Morgan fingerprint density at radius 2 is 2.00 bits per heavy atom. The molecule has 0 aliphatic carbocycles. The van der Waals surface area contributed by atoms with Crippen molar-refractivity contribution in [1.82, 2.24) is 20.1 Å². The highest BCUT2D eigenvalue weighted by molar-refractivity contribution is 7.15. The normalized spacial score (nSPS) is 16.4. The van der Waals surface area contributed by atoms with Crippen molar-refractivity contribution in [3.05, 3.63) is 63.5 Å². The number of ether oxygens (including phenoxy) is 1. The largest absolute Gasteiger partial charge is 0.369 e. The first kappa shape index (κ1) is 18.6. The lowest BCUT2D eigenvalue weighted by atomic mass is 9.98. The van der Waals surface area contributed by atoms with Gasteiger partial charge in [-0.15, -0.1) is 21.5 Å². The fourth-order valence-corrected chi connectivity index (χ4v) is 5.30. The van der Waals surface area contributed by atoms with Crippen molar-refractivity contribution in [2.45, 2.75) is 39.4 Å². The number of nitrogens with one attached hydrogen (secondary N) is 1. The number of rotatable bonds is 2. The first-order chi connectivity index (χ1) is 14.3. The Hall–Kier alpha value is -2.46. The molecule has 5 rings (SSSR count). The van der Waals surface area contributed by atoms with Crippen molar-refractivity contribution >= 4 is 11.3 Å². The Morgan fingerprint density at radius 3 is 2.83 bits per heavy atom. The molecule has 1 N–H and O–H groups in total. The summed E-state index contributed by atoms with van der Waals surface area (Å²) in [6, 6.07) is 10.6. The molecule has 2 aliphatic rings. The molecule has 0 radical (unpaired) electrons. The third kappa shape index (κ3) is 3.74. The predicted octanol–water partition coefficient (Wildman–Crippen LogP) is 3.61. The summed E-state index contributed by atoms with van der Waals surface area (Å²) in [5.41, 5.74) is 3.82. The molecule has 0 unspecified atom stereocenters. The van der Waals surface area contributed by atoms with Crippen LogP contribution in [-0.2, 0) is 24.4 Å². The first-order valence-corrected chi connectivity index (χ1v) is 11.0. The fraction of sp³-hybridized carbons (Fsp3) is 0.391. The number of piperidine rings is 1. The van der Waals surface area contributed by atoms with E-state index in [0.29, 0.717) is 19.1 Å². The van der Waals surface area contributed by atoms with Gasteiger partial charge in [-0.2, -0.15) is 0 Å². The van der Waals surface area contributed by atoms with E-state index in [-0.39, 0.29) is 0 Å². The molecule has 0 amide bonds. The molecule has 3 aromatic rings. The minimum absolute atomic E-state index is 0.478. The highest BCUT2D eigenvalue weighted by Crippen LogP contribution is 2.37. The number of nitrogens with zero attached hydrogens (tertiary/aromatic N) is 3. The van der Waals surface area contributed by atoms with Crippen LogP contribution in [0.5, 0.6) is 0 Å². The van der Waals surface area contributed by atoms with Gasteiger partial charge < -0.3 is 10.1 Å². The van der Waals surface area contributed by atoms with E-state index in [1.807, 2.05) is 6.92 Å². The van der Waals surface area contributed by atoms with E-state index in [0.717, 1.165) is 48.9 Å². The van der Waals surface area contributed by atoms with Gasteiger partial charge >= 0.3 is 0 Å². The van der Waals surface area contributed by atoms with E-state index >= 15 is 0 Å². The second-order valence-corrected chi connectivity index (χ2v) is 8.64. The molecule has 5 nitrogen and oxygen atoms in total. The summed E-state index contributed by atoms with van der Waals surface area (Å²) in [5, 5.41) is 13.2. The second kappa shape index (κ2) is 8.11. The van der Waals surface area contributed by atoms with E-state index in [1.165, 1.54) is 21.7 Å². The molecule has 1 fully saturated rings. The van der Waals surface area contributed by atoms with Crippen molar-refractivity contribution in [3.8, 4) is 16.8 Å². The molecule has 2 aromatic heterocycles. The quantitative estimate of drug-likeness (QED) is 0.663. The molecule has 148 valence electrons. The Labute approximate surface area is 175 Å². The average Bonchev–Trinajstić information content (AvgIpc) is 3.22. The van der Waals surface area contributed by atoms with Crippen molar-refractivity contribution in [2.75, 3.05) is 13.1 Å². The molecule has 2 aliphatic heterocycles. The van der Waals surface area contributed by atoms with E-state index in [9.17, 15) is 0 Å². The first-order valence-electron chi connectivity index (χ1n) is 10.2. The third-order valence-corrected chi connectivity index (χ3v) is 6.80. The van der Waals surface area contributed by atoms with Crippen molar-refractivity contribution < 1.29 is 4.74 Å². The number of aryl methyl sites for hydroxylation is 1. The number of hydrogen-bond donors (Lipinski definition) is 1. The summed E-state index contributed by atoms with van der Waals surface area (Å²) >= 11 is 1.76. The van der Waals surface area contributed by atoms with Crippen LogP contribution in [0.15, 0.2) is 30.3 Å². The van der Waals surface area contributed by atoms with E-state index in [4.69, 9.17) is 4.74 Å². The Kier molecular flexibility index (Phi) is 5.19. The zero-order valence-corrected chi connectivity index (χ0v) is 17.4. The van der Waals surface area contributed by atoms with Gasteiger partial charge in [0.25, 0.3) is 0 Å². The van der Waals surface area contributed by atoms with Gasteiger partial charge in [0.15, 0.2) is 5.82 Å². The monoisotopic (exact) mass is 404 g/mol. The van der Waals surface area contributed by atoms with Gasteiger partial charge in [0, 0.05) is 11.5 Å². The van der Waals surface area contributed by atoms with Crippen LogP contribution in [-0.4, -0.2) is 27.9 Å². The standard InChI is InChI=1S/C23H24N4OS/c1-16-25-26-22-15-28-14-20-19(13-18-5-3-2-4-6-18)21(29-23(20)27(16)22)8-7-17-9-11-24-12-10-17/h2-6,17,24H,9-15H2,1H3. The minimum atomic E-state index is 0.478. The molecular formula is C23H24N4OS. The number of fused-ring (bicyclic) bond motifs is 3. The predicted molar refractivity (Wildman–Crippen MR) is 114 cm³/mol. The van der Waals surface area contributed by atoms with Crippen LogP contribution in [0.3, 0.4) is 0 Å². The minimum Gasteiger partial charge on any atom is -0.369 e. The summed E-state index contributed by atoms with van der Waals surface area (Å²) in [4.78, 5) is 1.15. The molecular weight excluding hydrogens is 380 g/mol. The van der Waals surface area contributed by atoms with Crippen LogP contribution in [0.4, 0.5) is 0 Å². The fourth-order valence-electron chi connectivity index (χ4n) is 4.05. The molecule has 0 atom stereocenters. The van der Waals surface area contributed by atoms with Crippen molar-refractivity contribution in [1.29, 1.82) is 0 Å². The Morgan fingerprint density at radius 1 is 1.17 bits per heavy atom. The summed E-state index contributed by atoms with van der Waals surface area (Å²) < 4.78 is 8.12. The molecule has 0 bridgehead atoms. The van der Waals surface area contributed by atoms with Gasteiger partial charge in [-0.3, -0.25) is 4.57 Å². The van der Waals surface area contributed by atoms with Gasteiger partial charge in [0.05, 0.1) is 11.5 Å². The van der Waals surface area contributed by atoms with Gasteiger partial charge in [0.2, 0.25) is 0 Å². The lowest BCUT2D eigenvalue weighted by Crippen LogP contribution is -2.26. The van der Waals surface area contributed by atoms with E-state index < -0.39 is 0 Å². The average molecular weight is 405 g/mol. The molecule has 1 saturated heterocycles. The second-order valence-electron chi connectivity index (χ2n) is 7.64. The molecule has 1 aromatic carbocycles. The number of aromatic nitrogens is 3. The maximum atomic E-state index is 5.97. The van der Waals surface area contributed by atoms with Gasteiger partial charge in [0.1, 0.15) is 17.4 Å².